The molecule has 0 aromatic heterocycles. The molecule has 0 amide bonds. The van der Waals surface area contributed by atoms with Crippen LogP contribution in [0.1, 0.15) is 0 Å². The fourth-order valence-corrected chi connectivity index (χ4v) is 0. The minimum atomic E-state index is 0. The molecule has 0 spiro atoms. The predicted octanol–water partition coefficient (Wildman–Crippen LogP) is -0.822. The Bertz CT molecular complexity index is 8.00. The summed E-state index contributed by atoms with van der Waals surface area (Å²) in [5.41, 5.74) is 0. The molecule has 0 saturated heterocycles. The molecule has 0 N–H and O–H groups in total. The van der Waals surface area contributed by atoms with Gasteiger partial charge in [0.1, 0.15) is 0 Å². The molecule has 21 valence electrons. The first-order valence-corrected chi connectivity index (χ1v) is 0.236. The normalized spacial score (nSPS) is 0.750. The second-order valence-corrected chi connectivity index (χ2v) is 0. The first kappa shape index (κ1) is 24.3. The van der Waals surface area contributed by atoms with Gasteiger partial charge in [-0.05, 0) is 0 Å². The van der Waals surface area contributed by atoms with Crippen molar-refractivity contribution in [2.45, 2.75) is 0 Å². The van der Waals surface area contributed by atoms with E-state index in [9.17, 15) is 0 Å². The molecule has 1 nitrogen and oxygen atoms in total. The van der Waals surface area contributed by atoms with Crippen LogP contribution < -0.4 is 0 Å². The molecule has 0 aromatic carbocycles. The summed E-state index contributed by atoms with van der Waals surface area (Å²) >= 11 is 0. The van der Waals surface area contributed by atoms with Crippen molar-refractivity contribution in [2.24, 2.45) is 0 Å². The fourth-order valence-electron chi connectivity index (χ4n) is 0. The van der Waals surface area contributed by atoms with Crippen molar-refractivity contribution >= 4 is 28.6 Å². The summed E-state index contributed by atoms with van der Waals surface area (Å²) in [4.78, 5) is 0. The summed E-state index contributed by atoms with van der Waals surface area (Å²) < 4.78 is 7.75. The smallest absolute Gasteiger partial charge is 0 e. The van der Waals surface area contributed by atoms with E-state index in [0.29, 0.717) is 0 Å². The monoisotopic (exact) mass is 89.0 g/mol. The second kappa shape index (κ2) is 84.6. The second-order valence-electron chi connectivity index (χ2n) is 0. The van der Waals surface area contributed by atoms with Gasteiger partial charge in [0.2, 0.25) is 0 Å². The van der Waals surface area contributed by atoms with Gasteiger partial charge in [-0.15, -0.1) is 0 Å². The minimum Gasteiger partial charge on any atom is 0 e. The Morgan fingerprint density at radius 1 is 1.25 bits per heavy atom. The Hall–Kier alpha value is 0.512. The Balaban J connectivity index is -0.00000000500. The summed E-state index contributed by atoms with van der Waals surface area (Å²) in [6, 6.07) is 0. The van der Waals surface area contributed by atoms with Gasteiger partial charge in [0.25, 0.3) is 0 Å². The zero-order chi connectivity index (χ0) is 2.00. The summed E-state index contributed by atoms with van der Waals surface area (Å²) in [5, 5.41) is 0. The number of hydrogen-bond acceptors (Lipinski definition) is 1. The predicted molar refractivity (Wildman–Crippen MR) is 23.3 cm³/mol. The van der Waals surface area contributed by atoms with Gasteiger partial charge >= 0.3 is 12.4 Å². The van der Waals surface area contributed by atoms with Gasteiger partial charge in [0.15, 0.2) is 0 Å². The van der Waals surface area contributed by atoms with E-state index in [1.54, 1.807) is 0 Å². The molecule has 4 heteroatoms. The van der Waals surface area contributed by atoms with Crippen LogP contribution in [0.15, 0.2) is 0 Å². The first-order chi connectivity index (χ1) is 1.00. The fraction of sp³-hybridized carbons (Fsp3) is 0. The average molecular weight is 88.9 g/mol. The molecular weight excluding hydrogens is 85.9 g/mol. The molecule has 5 radical (unpaired) electrons. The van der Waals surface area contributed by atoms with Crippen LogP contribution >= 0.6 is 9.90 Å². The Morgan fingerprint density at radius 3 is 1.25 bits per heavy atom. The topological polar surface area (TPSA) is 17.1 Å². The molecule has 0 heterocycles. The summed E-state index contributed by atoms with van der Waals surface area (Å²) in [6.07, 6.45) is 0. The van der Waals surface area contributed by atoms with Gasteiger partial charge in [-0.3, -0.25) is 0 Å². The molecule has 0 fully saturated rings. The van der Waals surface area contributed by atoms with Gasteiger partial charge in [0, 0.05) is 11.0 Å². The van der Waals surface area contributed by atoms with Crippen LogP contribution in [0, 0.1) is 0 Å². The maximum absolute atomic E-state index is 7.75. The van der Waals surface area contributed by atoms with Gasteiger partial charge in [-0.1, -0.05) is 0 Å². The van der Waals surface area contributed by atoms with Crippen LogP contribution in [0.4, 0.5) is 0 Å². The quantitative estimate of drug-likeness (QED) is 0.280. The number of hydrogen-bond donors (Lipinski definition) is 0. The van der Waals surface area contributed by atoms with Crippen molar-refractivity contribution in [2.75, 3.05) is 0 Å². The molecule has 0 aromatic rings. The standard InChI is InChI=1S/BO.H3P.Si/c1-2;;/h;1H3;. The molecule has 0 aliphatic rings. The molecule has 0 aliphatic heterocycles. The van der Waals surface area contributed by atoms with Crippen molar-refractivity contribution in [3.8, 4) is 0 Å². The third-order valence-electron chi connectivity index (χ3n) is 0. The van der Waals surface area contributed by atoms with Crippen molar-refractivity contribution in [1.29, 1.82) is 0 Å². The Labute approximate surface area is 34.2 Å². The summed E-state index contributed by atoms with van der Waals surface area (Å²) in [5.74, 6) is 0. The summed E-state index contributed by atoms with van der Waals surface area (Å²) in [7, 11) is 3.25. The van der Waals surface area contributed by atoms with Crippen LogP contribution in [0.2, 0.25) is 0 Å². The van der Waals surface area contributed by atoms with E-state index in [1.165, 1.54) is 0 Å². The molecular formula is H3BOPSi. The van der Waals surface area contributed by atoms with Gasteiger partial charge < -0.3 is 0 Å². The van der Waals surface area contributed by atoms with Crippen molar-refractivity contribution < 1.29 is 4.70 Å². The average Bonchev–Trinajstić information content (AvgIpc) is 1.00. The third-order valence-corrected chi connectivity index (χ3v) is 0. The zero-order valence-corrected chi connectivity index (χ0v) is 4.61. The zero-order valence-electron chi connectivity index (χ0n) is 2.19. The molecule has 0 aliphatic carbocycles. The molecule has 1 atom stereocenters. The first-order valence-electron chi connectivity index (χ1n) is 0.236. The van der Waals surface area contributed by atoms with E-state index in [-0.39, 0.29) is 20.9 Å². The SMILES string of the molecule is P.[B]=O.[Si]. The maximum atomic E-state index is 7.75. The van der Waals surface area contributed by atoms with Crippen LogP contribution in [-0.2, 0) is 4.70 Å². The Morgan fingerprint density at radius 2 is 1.25 bits per heavy atom. The van der Waals surface area contributed by atoms with E-state index in [1.807, 2.05) is 0 Å². The maximum Gasteiger partial charge on any atom is 0 e. The van der Waals surface area contributed by atoms with Crippen molar-refractivity contribution in [1.82, 2.24) is 0 Å². The van der Waals surface area contributed by atoms with Gasteiger partial charge in [-0.25, -0.2) is 0 Å². The van der Waals surface area contributed by atoms with E-state index < -0.39 is 0 Å². The van der Waals surface area contributed by atoms with Gasteiger partial charge in [0.05, 0.1) is 0 Å². The Kier molecular flexibility index (Phi) is 515. The van der Waals surface area contributed by atoms with E-state index >= 15 is 0 Å². The van der Waals surface area contributed by atoms with Crippen molar-refractivity contribution in [3.63, 3.8) is 0 Å². The van der Waals surface area contributed by atoms with E-state index in [0.717, 1.165) is 0 Å². The third kappa shape index (κ3) is 21.9. The van der Waals surface area contributed by atoms with Crippen LogP contribution in [0.5, 0.6) is 0 Å². The molecule has 0 rings (SSSR count). The minimum absolute atomic E-state index is 0. The number of rotatable bonds is 0. The molecule has 1 unspecified atom stereocenters. The van der Waals surface area contributed by atoms with Crippen LogP contribution in [0.25, 0.3) is 0 Å². The molecule has 0 bridgehead atoms. The van der Waals surface area contributed by atoms with E-state index in [2.05, 4.69) is 7.72 Å². The van der Waals surface area contributed by atoms with Crippen molar-refractivity contribution in [3.05, 3.63) is 0 Å². The molecule has 0 saturated carbocycles. The van der Waals surface area contributed by atoms with E-state index in [4.69, 9.17) is 4.70 Å². The van der Waals surface area contributed by atoms with Crippen LogP contribution in [-0.4, -0.2) is 18.7 Å². The largest absolute Gasteiger partial charge is 0 e. The van der Waals surface area contributed by atoms with Gasteiger partial charge in [-0.2, -0.15) is 9.90 Å². The summed E-state index contributed by atoms with van der Waals surface area (Å²) in [6.45, 7) is 0. The molecule has 4 heavy (non-hydrogen) atoms. The van der Waals surface area contributed by atoms with Crippen LogP contribution in [0.3, 0.4) is 0 Å².